The van der Waals surface area contributed by atoms with Gasteiger partial charge < -0.3 is 4.42 Å². The summed E-state index contributed by atoms with van der Waals surface area (Å²) in [5.41, 5.74) is 1.81. The van der Waals surface area contributed by atoms with Crippen molar-refractivity contribution in [3.63, 3.8) is 0 Å². The fourth-order valence-corrected chi connectivity index (χ4v) is 4.43. The van der Waals surface area contributed by atoms with Crippen LogP contribution in [0.4, 0.5) is 0 Å². The van der Waals surface area contributed by atoms with E-state index in [2.05, 4.69) is 0 Å². The van der Waals surface area contributed by atoms with E-state index in [0.29, 0.717) is 22.1 Å². The molecular weight excluding hydrogens is 376 g/mol. The van der Waals surface area contributed by atoms with E-state index in [4.69, 9.17) is 16.8 Å². The van der Waals surface area contributed by atoms with Crippen LogP contribution in [0.1, 0.15) is 12.3 Å². The Balaban J connectivity index is 1.82. The fourth-order valence-electron chi connectivity index (χ4n) is 4.43. The molecule has 0 saturated heterocycles. The molecule has 0 spiro atoms. The molecule has 0 saturated carbocycles. The summed E-state index contributed by atoms with van der Waals surface area (Å²) in [7, 11) is 0. The Kier molecular flexibility index (Phi) is 2.06. The molecule has 0 amide bonds. The van der Waals surface area contributed by atoms with Crippen LogP contribution < -0.4 is 0 Å². The average Bonchev–Trinajstić information content (AvgIpc) is 3.32. The zero-order valence-corrected chi connectivity index (χ0v) is 16.1. The van der Waals surface area contributed by atoms with Crippen LogP contribution in [0.2, 0.25) is 0 Å². The maximum absolute atomic E-state index is 8.94. The molecule has 1 aromatic heterocycles. The van der Waals surface area contributed by atoms with E-state index in [9.17, 15) is 0 Å². The third kappa shape index (κ3) is 2.38. The van der Waals surface area contributed by atoms with Gasteiger partial charge in [0, 0.05) is 10.8 Å². The minimum Gasteiger partial charge on any atom is -0.456 e. The van der Waals surface area contributed by atoms with Crippen molar-refractivity contribution in [1.82, 2.24) is 0 Å². The van der Waals surface area contributed by atoms with Gasteiger partial charge >= 0.3 is 0 Å². The monoisotopic (exact) mass is 403 g/mol. The minimum atomic E-state index is -0.518. The van der Waals surface area contributed by atoms with Gasteiger partial charge in [-0.2, -0.15) is 0 Å². The molecule has 0 N–H and O–H groups in total. The van der Waals surface area contributed by atoms with Crippen LogP contribution in [0, 0.1) is 0 Å². The summed E-state index contributed by atoms with van der Waals surface area (Å²) in [6, 6.07) is 13.0. The predicted octanol–water partition coefficient (Wildman–Crippen LogP) is 8.71. The second kappa shape index (κ2) is 6.20. The second-order valence-electron chi connectivity index (χ2n) is 7.48. The van der Waals surface area contributed by atoms with Gasteiger partial charge in [-0.3, -0.25) is 0 Å². The zero-order valence-electron chi connectivity index (χ0n) is 25.1. The first-order chi connectivity index (χ1) is 19.1. The van der Waals surface area contributed by atoms with E-state index >= 15 is 0 Å². The van der Waals surface area contributed by atoms with E-state index < -0.39 is 36.3 Å². The summed E-state index contributed by atoms with van der Waals surface area (Å²) >= 11 is 0. The van der Waals surface area contributed by atoms with Gasteiger partial charge in [-0.25, -0.2) is 0 Å². The molecule has 144 valence electrons. The Labute approximate surface area is 191 Å². The van der Waals surface area contributed by atoms with E-state index in [1.165, 1.54) is 0 Å². The van der Waals surface area contributed by atoms with Gasteiger partial charge in [-0.1, -0.05) is 84.7 Å². The first kappa shape index (κ1) is 10.3. The summed E-state index contributed by atoms with van der Waals surface area (Å²) in [5.74, 6) is 0. The van der Waals surface area contributed by atoms with Crippen LogP contribution in [-0.2, 0) is 0 Å². The Morgan fingerprint density at radius 1 is 0.581 bits per heavy atom. The highest BCUT2D eigenvalue weighted by Gasteiger charge is 2.17. The third-order valence-corrected chi connectivity index (χ3v) is 5.76. The van der Waals surface area contributed by atoms with Gasteiger partial charge in [0.05, 0.1) is 12.3 Å². The molecule has 0 aliphatic heterocycles. The first-order valence-corrected chi connectivity index (χ1v) is 9.88. The molecule has 7 rings (SSSR count). The van der Waals surface area contributed by atoms with Crippen LogP contribution in [0.5, 0.6) is 0 Å². The summed E-state index contributed by atoms with van der Waals surface area (Å²) in [5, 5.41) is 3.18. The highest BCUT2D eigenvalue weighted by molar-refractivity contribution is 6.22. The Hall–Kier alpha value is -4.10. The Bertz CT molecular complexity index is 2190. The van der Waals surface area contributed by atoms with Gasteiger partial charge in [-0.05, 0) is 67.7 Å². The lowest BCUT2D eigenvalue weighted by atomic mass is 9.90. The minimum absolute atomic E-state index is 0.0242. The Morgan fingerprint density at radius 2 is 1.26 bits per heavy atom. The number of benzene rings is 6. The average molecular weight is 404 g/mol. The van der Waals surface area contributed by atoms with Crippen LogP contribution in [0.25, 0.3) is 65.4 Å². The molecule has 1 heteroatoms. The maximum atomic E-state index is 8.94. The molecule has 31 heavy (non-hydrogen) atoms. The second-order valence-corrected chi connectivity index (χ2v) is 7.48. The summed E-state index contributed by atoms with van der Waals surface area (Å²) in [6.07, 6.45) is 0. The topological polar surface area (TPSA) is 13.1 Å². The normalized spacial score (nSPS) is 15.9. The van der Waals surface area contributed by atoms with Gasteiger partial charge in [-0.15, -0.1) is 0 Å². The molecule has 0 bridgehead atoms. The van der Waals surface area contributed by atoms with Crippen molar-refractivity contribution in [3.05, 3.63) is 109 Å². The molecule has 0 unspecified atom stereocenters. The van der Waals surface area contributed by atoms with Crippen LogP contribution in [0.3, 0.4) is 0 Å². The van der Waals surface area contributed by atoms with Gasteiger partial charge in [0.1, 0.15) is 11.2 Å². The quantitative estimate of drug-likeness (QED) is 0.250. The molecule has 7 aromatic rings. The van der Waals surface area contributed by atoms with Crippen LogP contribution >= 0.6 is 0 Å². The highest BCUT2D eigenvalue weighted by Crippen LogP contribution is 2.43. The van der Waals surface area contributed by atoms with E-state index in [1.54, 1.807) is 18.2 Å². The number of fused-ring (bicyclic) bond motifs is 6. The van der Waals surface area contributed by atoms with Crippen molar-refractivity contribution in [1.29, 1.82) is 0 Å². The number of hydrogen-bond acceptors (Lipinski definition) is 1. The van der Waals surface area contributed by atoms with Gasteiger partial charge in [0.25, 0.3) is 0 Å². The molecule has 0 aliphatic carbocycles. The lowest BCUT2D eigenvalue weighted by Crippen LogP contribution is -1.86. The van der Waals surface area contributed by atoms with Crippen molar-refractivity contribution in [2.24, 2.45) is 0 Å². The summed E-state index contributed by atoms with van der Waals surface area (Å²) in [6.45, 7) is 0. The number of furan rings is 1. The largest absolute Gasteiger partial charge is 0.456 e. The molecule has 1 nitrogen and oxygen atoms in total. The molecule has 0 atom stereocenters. The van der Waals surface area contributed by atoms with Crippen molar-refractivity contribution >= 4 is 54.3 Å². The molecule has 0 radical (unpaired) electrons. The predicted molar refractivity (Wildman–Crippen MR) is 132 cm³/mol. The van der Waals surface area contributed by atoms with Crippen LogP contribution in [-0.4, -0.2) is 0 Å². The summed E-state index contributed by atoms with van der Waals surface area (Å²) in [4.78, 5) is 0. The molecule has 0 aliphatic rings. The number of hydrogen-bond donors (Lipinski definition) is 0. The number of rotatable bonds is 1. The summed E-state index contributed by atoms with van der Waals surface area (Å²) < 4.78 is 83.5. The Morgan fingerprint density at radius 3 is 2.00 bits per heavy atom. The first-order valence-electron chi connectivity index (χ1n) is 14.4. The molecule has 0 fully saturated rings. The van der Waals surface area contributed by atoms with E-state index in [-0.39, 0.29) is 45.2 Å². The molecule has 6 aromatic carbocycles. The molecule has 1 heterocycles. The fraction of sp³-hybridized carbons (Fsp3) is 0. The van der Waals surface area contributed by atoms with Crippen molar-refractivity contribution < 1.29 is 16.8 Å². The van der Waals surface area contributed by atoms with E-state index in [0.717, 1.165) is 16.2 Å². The van der Waals surface area contributed by atoms with Crippen molar-refractivity contribution in [2.45, 2.75) is 0 Å². The smallest absolute Gasteiger partial charge is 0.136 e. The van der Waals surface area contributed by atoms with Crippen molar-refractivity contribution in [2.75, 3.05) is 0 Å². The lowest BCUT2D eigenvalue weighted by molar-refractivity contribution is 0.669. The van der Waals surface area contributed by atoms with Crippen molar-refractivity contribution in [3.8, 4) is 11.1 Å². The standard InChI is InChI=1S/C30H18O/c1-2-9-20-18-28-26(17-19(20)8-1)30-25(14-7-15-27(30)31-28)29-23-12-5-3-10-21(23)16-22-11-4-6-13-24(22)29/h1-18H/i3D,4D,5D,6D,10D,11D,12D,13D,16D. The SMILES string of the molecule is [2H]c1c([2H])c([2H])c2c(-c3cccc4oc5cc6ccccc6cc5c34)c3c([2H])c([2H])c([2H])c([2H])c3c([2H])c2c1[2H]. The lowest BCUT2D eigenvalue weighted by Gasteiger charge is -2.13. The van der Waals surface area contributed by atoms with E-state index in [1.807, 2.05) is 36.4 Å². The third-order valence-electron chi connectivity index (χ3n) is 5.76. The van der Waals surface area contributed by atoms with Gasteiger partial charge in [0.2, 0.25) is 0 Å². The zero-order chi connectivity index (χ0) is 28.2. The molecular formula is C30H18O. The maximum Gasteiger partial charge on any atom is 0.136 e. The highest BCUT2D eigenvalue weighted by atomic mass is 16.3. The van der Waals surface area contributed by atoms with Gasteiger partial charge in [0.15, 0.2) is 0 Å². The van der Waals surface area contributed by atoms with Crippen LogP contribution in [0.15, 0.2) is 113 Å².